The van der Waals surface area contributed by atoms with Crippen LogP contribution in [0.15, 0.2) is 41.8 Å². The quantitative estimate of drug-likeness (QED) is 0.851. The summed E-state index contributed by atoms with van der Waals surface area (Å²) in [5.41, 5.74) is 0.917. The minimum absolute atomic E-state index is 0.0649. The van der Waals surface area contributed by atoms with E-state index in [-0.39, 0.29) is 11.2 Å². The highest BCUT2D eigenvalue weighted by Crippen LogP contribution is 2.23. The van der Waals surface area contributed by atoms with Crippen LogP contribution in [0.4, 0.5) is 5.69 Å². The van der Waals surface area contributed by atoms with Crippen molar-refractivity contribution in [1.29, 1.82) is 0 Å². The van der Waals surface area contributed by atoms with Gasteiger partial charge in [0.15, 0.2) is 5.16 Å². The summed E-state index contributed by atoms with van der Waals surface area (Å²) in [5, 5.41) is 6.97. The maximum atomic E-state index is 12.4. The molecule has 0 fully saturated rings. The van der Waals surface area contributed by atoms with Crippen molar-refractivity contribution in [3.63, 3.8) is 0 Å². The molecule has 0 aliphatic heterocycles. The molecular formula is C13H16N4OS. The predicted molar refractivity (Wildman–Crippen MR) is 76.2 cm³/mol. The third-order valence-electron chi connectivity index (χ3n) is 2.68. The summed E-state index contributed by atoms with van der Waals surface area (Å²) in [5.74, 6) is 0.0649. The van der Waals surface area contributed by atoms with Gasteiger partial charge in [0, 0.05) is 12.2 Å². The van der Waals surface area contributed by atoms with Gasteiger partial charge in [-0.05, 0) is 26.0 Å². The third kappa shape index (κ3) is 3.35. The van der Waals surface area contributed by atoms with Crippen LogP contribution in [0.25, 0.3) is 0 Å². The van der Waals surface area contributed by atoms with E-state index < -0.39 is 0 Å². The maximum Gasteiger partial charge on any atom is 0.240 e. The average molecular weight is 276 g/mol. The minimum atomic E-state index is -0.215. The highest BCUT2D eigenvalue weighted by Gasteiger charge is 2.22. The first-order valence-corrected chi connectivity index (χ1v) is 6.98. The number of hydrogen-bond donors (Lipinski definition) is 1. The van der Waals surface area contributed by atoms with Crippen LogP contribution in [0.2, 0.25) is 0 Å². The highest BCUT2D eigenvalue weighted by molar-refractivity contribution is 8.00. The summed E-state index contributed by atoms with van der Waals surface area (Å²) in [7, 11) is 0. The summed E-state index contributed by atoms with van der Waals surface area (Å²) < 4.78 is 0. The van der Waals surface area contributed by atoms with Crippen molar-refractivity contribution in [2.75, 3.05) is 11.4 Å². The summed E-state index contributed by atoms with van der Waals surface area (Å²) in [6.45, 7) is 4.49. The molecule has 1 heterocycles. The lowest BCUT2D eigenvalue weighted by Gasteiger charge is -2.23. The Bertz CT molecular complexity index is 515. The molecule has 100 valence electrons. The Labute approximate surface area is 116 Å². The Morgan fingerprint density at radius 2 is 2.16 bits per heavy atom. The molecule has 1 amide bonds. The molecule has 19 heavy (non-hydrogen) atoms. The zero-order chi connectivity index (χ0) is 13.7. The largest absolute Gasteiger partial charge is 0.312 e. The lowest BCUT2D eigenvalue weighted by Crippen LogP contribution is -2.36. The van der Waals surface area contributed by atoms with Gasteiger partial charge in [-0.1, -0.05) is 30.0 Å². The van der Waals surface area contributed by atoms with E-state index in [0.29, 0.717) is 11.7 Å². The van der Waals surface area contributed by atoms with Crippen molar-refractivity contribution in [2.24, 2.45) is 0 Å². The molecule has 0 saturated carbocycles. The van der Waals surface area contributed by atoms with Crippen molar-refractivity contribution in [2.45, 2.75) is 24.3 Å². The van der Waals surface area contributed by atoms with E-state index in [9.17, 15) is 4.79 Å². The van der Waals surface area contributed by atoms with Crippen molar-refractivity contribution in [1.82, 2.24) is 15.2 Å². The Kier molecular flexibility index (Phi) is 4.57. The number of aromatic nitrogens is 3. The number of amides is 1. The molecule has 0 bridgehead atoms. The molecule has 1 aromatic heterocycles. The molecular weight excluding hydrogens is 260 g/mol. The fourth-order valence-electron chi connectivity index (χ4n) is 1.76. The fourth-order valence-corrected chi connectivity index (χ4v) is 2.54. The monoisotopic (exact) mass is 276 g/mol. The van der Waals surface area contributed by atoms with E-state index in [1.807, 2.05) is 44.2 Å². The first-order chi connectivity index (χ1) is 9.22. The Hall–Kier alpha value is -1.82. The lowest BCUT2D eigenvalue weighted by molar-refractivity contribution is -0.117. The Morgan fingerprint density at radius 3 is 2.74 bits per heavy atom. The number of nitrogens with one attached hydrogen (secondary N) is 1. The van der Waals surface area contributed by atoms with Crippen molar-refractivity contribution < 1.29 is 4.79 Å². The number of thioether (sulfide) groups is 1. The van der Waals surface area contributed by atoms with Crippen LogP contribution < -0.4 is 4.90 Å². The summed E-state index contributed by atoms with van der Waals surface area (Å²) in [4.78, 5) is 18.2. The Balaban J connectivity index is 2.08. The van der Waals surface area contributed by atoms with Crippen LogP contribution in [0.5, 0.6) is 0 Å². The van der Waals surface area contributed by atoms with Gasteiger partial charge in [-0.3, -0.25) is 9.89 Å². The van der Waals surface area contributed by atoms with Crippen LogP contribution in [0.3, 0.4) is 0 Å². The van der Waals surface area contributed by atoms with Crippen LogP contribution >= 0.6 is 11.8 Å². The fraction of sp³-hybridized carbons (Fsp3) is 0.308. The number of H-pyrrole nitrogens is 1. The van der Waals surface area contributed by atoms with Crippen LogP contribution in [0, 0.1) is 0 Å². The predicted octanol–water partition coefficient (Wildman–Crippen LogP) is 2.34. The molecule has 5 nitrogen and oxygen atoms in total. The van der Waals surface area contributed by atoms with Crippen molar-refractivity contribution in [3.05, 3.63) is 36.7 Å². The first-order valence-electron chi connectivity index (χ1n) is 6.10. The summed E-state index contributed by atoms with van der Waals surface area (Å²) in [6, 6.07) is 9.67. The third-order valence-corrected chi connectivity index (χ3v) is 3.65. The smallest absolute Gasteiger partial charge is 0.240 e. The molecule has 0 aliphatic rings. The SMILES string of the molecule is CCN(C(=O)[C@H](C)Sc1ncn[nH]1)c1ccccc1. The Morgan fingerprint density at radius 1 is 1.42 bits per heavy atom. The highest BCUT2D eigenvalue weighted by atomic mass is 32.2. The average Bonchev–Trinajstić information content (AvgIpc) is 2.93. The molecule has 2 rings (SSSR count). The normalized spacial score (nSPS) is 12.1. The molecule has 0 saturated heterocycles. The molecule has 6 heteroatoms. The molecule has 1 N–H and O–H groups in total. The maximum absolute atomic E-state index is 12.4. The second kappa shape index (κ2) is 6.38. The number of nitrogens with zero attached hydrogens (tertiary/aromatic N) is 3. The van der Waals surface area contributed by atoms with Crippen molar-refractivity contribution in [3.8, 4) is 0 Å². The number of carbonyl (C=O) groups is 1. The first kappa shape index (κ1) is 13.6. The number of hydrogen-bond acceptors (Lipinski definition) is 4. The number of benzene rings is 1. The van der Waals surface area contributed by atoms with E-state index in [2.05, 4.69) is 15.2 Å². The van der Waals surface area contributed by atoms with Gasteiger partial charge in [0.05, 0.1) is 5.25 Å². The zero-order valence-electron chi connectivity index (χ0n) is 10.9. The van der Waals surface area contributed by atoms with Gasteiger partial charge in [-0.25, -0.2) is 4.98 Å². The van der Waals surface area contributed by atoms with Gasteiger partial charge in [-0.15, -0.1) is 0 Å². The molecule has 0 aliphatic carbocycles. The molecule has 0 radical (unpaired) electrons. The van der Waals surface area contributed by atoms with Crippen LogP contribution in [-0.2, 0) is 4.79 Å². The van der Waals surface area contributed by atoms with E-state index in [1.54, 1.807) is 4.90 Å². The number of rotatable bonds is 5. The second-order valence-electron chi connectivity index (χ2n) is 3.97. The van der Waals surface area contributed by atoms with Crippen LogP contribution in [0.1, 0.15) is 13.8 Å². The van der Waals surface area contributed by atoms with Gasteiger partial charge in [0.1, 0.15) is 6.33 Å². The zero-order valence-corrected chi connectivity index (χ0v) is 11.7. The van der Waals surface area contributed by atoms with E-state index >= 15 is 0 Å². The van der Waals surface area contributed by atoms with Gasteiger partial charge < -0.3 is 4.90 Å². The topological polar surface area (TPSA) is 61.9 Å². The van der Waals surface area contributed by atoms with Gasteiger partial charge >= 0.3 is 0 Å². The molecule has 1 atom stereocenters. The number of anilines is 1. The minimum Gasteiger partial charge on any atom is -0.312 e. The molecule has 2 aromatic rings. The molecule has 0 spiro atoms. The van der Waals surface area contributed by atoms with E-state index in [4.69, 9.17) is 0 Å². The number of carbonyl (C=O) groups excluding carboxylic acids is 1. The second-order valence-corrected chi connectivity index (χ2v) is 5.30. The summed E-state index contributed by atoms with van der Waals surface area (Å²) in [6.07, 6.45) is 1.44. The van der Waals surface area contributed by atoms with Gasteiger partial charge in [0.25, 0.3) is 0 Å². The van der Waals surface area contributed by atoms with E-state index in [1.165, 1.54) is 18.1 Å². The van der Waals surface area contributed by atoms with Gasteiger partial charge in [-0.2, -0.15) is 5.10 Å². The van der Waals surface area contributed by atoms with Crippen LogP contribution in [-0.4, -0.2) is 32.9 Å². The van der Waals surface area contributed by atoms with Crippen molar-refractivity contribution >= 4 is 23.4 Å². The number of aromatic amines is 1. The standard InChI is InChI=1S/C13H16N4OS/c1-3-17(11-7-5-4-6-8-11)12(18)10(2)19-13-14-9-15-16-13/h4-10H,3H2,1-2H3,(H,14,15,16)/t10-/m0/s1. The van der Waals surface area contributed by atoms with Gasteiger partial charge in [0.2, 0.25) is 5.91 Å². The summed E-state index contributed by atoms with van der Waals surface area (Å²) >= 11 is 1.38. The molecule has 1 aromatic carbocycles. The number of para-hydroxylation sites is 1. The lowest BCUT2D eigenvalue weighted by atomic mass is 10.2. The van der Waals surface area contributed by atoms with E-state index in [0.717, 1.165) is 5.69 Å². The molecule has 0 unspecified atom stereocenters.